The number of aromatic nitrogens is 2. The lowest BCUT2D eigenvalue weighted by molar-refractivity contribution is -0.142. The van der Waals surface area contributed by atoms with E-state index in [1.54, 1.807) is 22.8 Å². The number of carboxylic acid groups (broad SMARTS) is 1. The molecule has 1 aromatic heterocycles. The fraction of sp³-hybridized carbons (Fsp3) is 0.524. The van der Waals surface area contributed by atoms with Gasteiger partial charge in [-0.25, -0.2) is 4.98 Å². The highest BCUT2D eigenvalue weighted by atomic mass is 16.4. The number of hydrogen-bond acceptors (Lipinski definition) is 4. The van der Waals surface area contributed by atoms with Gasteiger partial charge in [-0.15, -0.1) is 0 Å². The second-order valence-corrected chi connectivity index (χ2v) is 7.89. The number of carbonyl (C=O) groups is 2. The van der Waals surface area contributed by atoms with Crippen LogP contribution in [0.2, 0.25) is 0 Å². The largest absolute Gasteiger partial charge is 0.481 e. The van der Waals surface area contributed by atoms with E-state index in [0.29, 0.717) is 48.7 Å². The minimum absolute atomic E-state index is 0.00979. The Labute approximate surface area is 162 Å². The first-order chi connectivity index (χ1) is 13.5. The van der Waals surface area contributed by atoms with Gasteiger partial charge < -0.3 is 10.4 Å². The summed E-state index contributed by atoms with van der Waals surface area (Å²) in [4.78, 5) is 41.2. The van der Waals surface area contributed by atoms with Crippen molar-refractivity contribution >= 4 is 22.8 Å². The molecule has 1 fully saturated rings. The van der Waals surface area contributed by atoms with Gasteiger partial charge in [0.2, 0.25) is 0 Å². The van der Waals surface area contributed by atoms with Crippen LogP contribution in [0.15, 0.2) is 23.0 Å². The maximum atomic E-state index is 12.8. The van der Waals surface area contributed by atoms with Crippen molar-refractivity contribution in [2.45, 2.75) is 64.0 Å². The lowest BCUT2D eigenvalue weighted by Crippen LogP contribution is -2.38. The third-order valence-corrected chi connectivity index (χ3v) is 5.99. The predicted molar refractivity (Wildman–Crippen MR) is 104 cm³/mol. The number of nitrogens with zero attached hydrogens (tertiary/aromatic N) is 2. The van der Waals surface area contributed by atoms with Crippen LogP contribution >= 0.6 is 0 Å². The molecule has 2 aliphatic rings. The van der Waals surface area contributed by atoms with Gasteiger partial charge in [0.1, 0.15) is 5.82 Å². The Balaban J connectivity index is 1.54. The molecule has 1 aromatic carbocycles. The second-order valence-electron chi connectivity index (χ2n) is 7.89. The summed E-state index contributed by atoms with van der Waals surface area (Å²) < 4.78 is 1.77. The van der Waals surface area contributed by atoms with Crippen molar-refractivity contribution in [2.75, 3.05) is 0 Å². The van der Waals surface area contributed by atoms with Crippen molar-refractivity contribution in [1.82, 2.24) is 14.9 Å². The van der Waals surface area contributed by atoms with Crippen molar-refractivity contribution in [3.63, 3.8) is 0 Å². The van der Waals surface area contributed by atoms with Crippen molar-refractivity contribution in [2.24, 2.45) is 5.92 Å². The molecule has 1 aliphatic heterocycles. The van der Waals surface area contributed by atoms with Crippen molar-refractivity contribution < 1.29 is 14.7 Å². The van der Waals surface area contributed by atoms with E-state index in [4.69, 9.17) is 5.11 Å². The highest BCUT2D eigenvalue weighted by Crippen LogP contribution is 2.25. The summed E-state index contributed by atoms with van der Waals surface area (Å²) in [5.41, 5.74) is 1.03. The van der Waals surface area contributed by atoms with Gasteiger partial charge in [0.25, 0.3) is 11.5 Å². The number of fused-ring (bicyclic) bond motifs is 2. The third-order valence-electron chi connectivity index (χ3n) is 5.99. The van der Waals surface area contributed by atoms with Crippen LogP contribution in [-0.2, 0) is 17.8 Å². The van der Waals surface area contributed by atoms with E-state index in [1.165, 1.54) is 0 Å². The summed E-state index contributed by atoms with van der Waals surface area (Å²) in [7, 11) is 0. The van der Waals surface area contributed by atoms with Crippen LogP contribution in [0.3, 0.4) is 0 Å². The molecule has 0 spiro atoms. The van der Waals surface area contributed by atoms with E-state index in [-0.39, 0.29) is 23.4 Å². The molecular weight excluding hydrogens is 358 g/mol. The van der Waals surface area contributed by atoms with Crippen molar-refractivity contribution in [3.05, 3.63) is 39.9 Å². The number of hydrogen-bond donors (Lipinski definition) is 2. The third kappa shape index (κ3) is 3.66. The molecule has 1 saturated carbocycles. The summed E-state index contributed by atoms with van der Waals surface area (Å²) in [5, 5.41) is 12.6. The first kappa shape index (κ1) is 18.7. The number of aryl methyl sites for hydroxylation is 1. The molecule has 2 heterocycles. The Morgan fingerprint density at radius 3 is 2.64 bits per heavy atom. The zero-order valence-corrected chi connectivity index (χ0v) is 15.8. The fourth-order valence-electron chi connectivity index (χ4n) is 4.31. The molecule has 7 heteroatoms. The van der Waals surface area contributed by atoms with Gasteiger partial charge in [-0.3, -0.25) is 19.0 Å². The number of rotatable bonds is 3. The van der Waals surface area contributed by atoms with E-state index < -0.39 is 5.97 Å². The van der Waals surface area contributed by atoms with Crippen LogP contribution in [0.25, 0.3) is 10.9 Å². The zero-order valence-electron chi connectivity index (χ0n) is 15.8. The lowest BCUT2D eigenvalue weighted by Gasteiger charge is -2.26. The van der Waals surface area contributed by atoms with Crippen molar-refractivity contribution in [1.29, 1.82) is 0 Å². The van der Waals surface area contributed by atoms with Gasteiger partial charge >= 0.3 is 5.97 Å². The Kier molecular flexibility index (Phi) is 5.15. The SMILES string of the molecule is O=C(NC1CCC(C(=O)O)CC1)c1ccc2c(=O)n3c(nc2c1)CCCCC3. The highest BCUT2D eigenvalue weighted by Gasteiger charge is 2.27. The molecule has 2 N–H and O–H groups in total. The van der Waals surface area contributed by atoms with Crippen molar-refractivity contribution in [3.8, 4) is 0 Å². The van der Waals surface area contributed by atoms with E-state index in [9.17, 15) is 14.4 Å². The van der Waals surface area contributed by atoms with Gasteiger partial charge in [0.05, 0.1) is 16.8 Å². The fourth-order valence-corrected chi connectivity index (χ4v) is 4.31. The van der Waals surface area contributed by atoms with Crippen LogP contribution in [0, 0.1) is 5.92 Å². The molecule has 0 radical (unpaired) electrons. The summed E-state index contributed by atoms with van der Waals surface area (Å²) in [5.74, 6) is -0.450. The molecule has 4 rings (SSSR count). The van der Waals surface area contributed by atoms with Gasteiger partial charge in [-0.05, 0) is 56.7 Å². The van der Waals surface area contributed by atoms with E-state index in [0.717, 1.165) is 31.5 Å². The van der Waals surface area contributed by atoms with E-state index in [2.05, 4.69) is 10.3 Å². The molecule has 0 unspecified atom stereocenters. The normalized spacial score (nSPS) is 22.3. The first-order valence-electron chi connectivity index (χ1n) is 10.1. The molecule has 2 aromatic rings. The topological polar surface area (TPSA) is 101 Å². The highest BCUT2D eigenvalue weighted by molar-refractivity contribution is 5.97. The Morgan fingerprint density at radius 2 is 1.89 bits per heavy atom. The van der Waals surface area contributed by atoms with Crippen LogP contribution in [0.4, 0.5) is 0 Å². The van der Waals surface area contributed by atoms with Gasteiger partial charge in [0.15, 0.2) is 0 Å². The average molecular weight is 383 g/mol. The quantitative estimate of drug-likeness (QED) is 0.848. The number of carboxylic acids is 1. The molecule has 0 saturated heterocycles. The van der Waals surface area contributed by atoms with E-state index >= 15 is 0 Å². The molecule has 7 nitrogen and oxygen atoms in total. The summed E-state index contributed by atoms with van der Waals surface area (Å²) in [6.45, 7) is 0.707. The molecule has 1 aliphatic carbocycles. The molecule has 28 heavy (non-hydrogen) atoms. The van der Waals surface area contributed by atoms with Crippen LogP contribution in [0.1, 0.15) is 61.1 Å². The van der Waals surface area contributed by atoms with Crippen LogP contribution in [-0.4, -0.2) is 32.6 Å². The van der Waals surface area contributed by atoms with Crippen LogP contribution in [0.5, 0.6) is 0 Å². The predicted octanol–water partition coefficient (Wildman–Crippen LogP) is 2.50. The minimum Gasteiger partial charge on any atom is -0.481 e. The van der Waals surface area contributed by atoms with Gasteiger partial charge in [-0.1, -0.05) is 6.42 Å². The number of nitrogens with one attached hydrogen (secondary N) is 1. The smallest absolute Gasteiger partial charge is 0.306 e. The summed E-state index contributed by atoms with van der Waals surface area (Å²) in [6.07, 6.45) is 6.41. The summed E-state index contributed by atoms with van der Waals surface area (Å²) >= 11 is 0. The minimum atomic E-state index is -0.754. The maximum absolute atomic E-state index is 12.8. The lowest BCUT2D eigenvalue weighted by atomic mass is 9.86. The maximum Gasteiger partial charge on any atom is 0.306 e. The molecule has 1 amide bonds. The first-order valence-corrected chi connectivity index (χ1v) is 10.1. The van der Waals surface area contributed by atoms with Gasteiger partial charge in [0, 0.05) is 24.6 Å². The molecule has 148 valence electrons. The zero-order chi connectivity index (χ0) is 19.7. The average Bonchev–Trinajstić information content (AvgIpc) is 2.94. The molecule has 0 bridgehead atoms. The Hall–Kier alpha value is -2.70. The Morgan fingerprint density at radius 1 is 1.11 bits per heavy atom. The standard InChI is InChI=1S/C21H25N3O4/c25-19(22-15-8-5-13(6-9-15)21(27)28)14-7-10-16-17(12-14)23-18-4-2-1-3-11-24(18)20(16)26/h7,10,12-13,15H,1-6,8-9,11H2,(H,22,25)(H,27,28). The second kappa shape index (κ2) is 7.73. The van der Waals surface area contributed by atoms with Crippen LogP contribution < -0.4 is 10.9 Å². The Bertz CT molecular complexity index is 974. The molecule has 0 atom stereocenters. The number of aliphatic carboxylic acids is 1. The number of carbonyl (C=O) groups excluding carboxylic acids is 1. The molecular formula is C21H25N3O4. The summed E-state index contributed by atoms with van der Waals surface area (Å²) in [6, 6.07) is 5.05. The van der Waals surface area contributed by atoms with Gasteiger partial charge in [-0.2, -0.15) is 0 Å². The monoisotopic (exact) mass is 383 g/mol. The number of amides is 1. The van der Waals surface area contributed by atoms with E-state index in [1.807, 2.05) is 0 Å². The number of benzene rings is 1.